The van der Waals surface area contributed by atoms with E-state index < -0.39 is 36.8 Å². The fourth-order valence-corrected chi connectivity index (χ4v) is 2.93. The lowest BCUT2D eigenvalue weighted by atomic mass is 9.92. The molecule has 0 spiro atoms. The highest BCUT2D eigenvalue weighted by molar-refractivity contribution is 5.58. The van der Waals surface area contributed by atoms with Crippen LogP contribution < -0.4 is 0 Å². The van der Waals surface area contributed by atoms with E-state index in [1.54, 1.807) is 6.08 Å². The van der Waals surface area contributed by atoms with E-state index in [4.69, 9.17) is 14.2 Å². The minimum Gasteiger partial charge on any atom is -0.387 e. The third-order valence-corrected chi connectivity index (χ3v) is 4.24. The van der Waals surface area contributed by atoms with Crippen LogP contribution in [0.5, 0.6) is 0 Å². The van der Waals surface area contributed by atoms with Gasteiger partial charge in [0.05, 0.1) is 13.2 Å². The Bertz CT molecular complexity index is 601. The summed E-state index contributed by atoms with van der Waals surface area (Å²) in [6, 6.07) is 7.49. The van der Waals surface area contributed by atoms with E-state index in [1.165, 1.54) is 6.08 Å². The van der Waals surface area contributed by atoms with E-state index in [1.807, 2.05) is 30.3 Å². The molecule has 1 aromatic carbocycles. The summed E-state index contributed by atoms with van der Waals surface area (Å²) in [7, 11) is 0. The van der Waals surface area contributed by atoms with E-state index in [2.05, 4.69) is 6.58 Å². The molecule has 6 nitrogen and oxygen atoms in total. The second kappa shape index (κ2) is 7.57. The highest BCUT2D eigenvalue weighted by Crippen LogP contribution is 2.31. The second-order valence-corrected chi connectivity index (χ2v) is 5.88. The van der Waals surface area contributed by atoms with E-state index in [0.29, 0.717) is 0 Å². The fraction of sp³-hybridized carbons (Fsp3) is 0.444. The Morgan fingerprint density at radius 2 is 2.00 bits per heavy atom. The van der Waals surface area contributed by atoms with Gasteiger partial charge in [0.2, 0.25) is 0 Å². The topological polar surface area (TPSA) is 88.4 Å². The summed E-state index contributed by atoms with van der Waals surface area (Å²) in [6.07, 6.45) is -0.422. The molecule has 0 unspecified atom stereocenters. The molecule has 1 aliphatic carbocycles. The van der Waals surface area contributed by atoms with Crippen molar-refractivity contribution < 1.29 is 29.5 Å². The quantitative estimate of drug-likeness (QED) is 0.690. The zero-order valence-electron chi connectivity index (χ0n) is 13.2. The maximum absolute atomic E-state index is 10.5. The van der Waals surface area contributed by atoms with Crippen molar-refractivity contribution in [3.63, 3.8) is 0 Å². The first-order valence-corrected chi connectivity index (χ1v) is 7.92. The van der Waals surface area contributed by atoms with Gasteiger partial charge in [-0.25, -0.2) is 0 Å². The fourth-order valence-electron chi connectivity index (χ4n) is 2.93. The molecule has 3 rings (SSSR count). The minimum absolute atomic E-state index is 0.0543. The molecular weight excluding hydrogens is 312 g/mol. The first kappa shape index (κ1) is 17.3. The summed E-state index contributed by atoms with van der Waals surface area (Å²) >= 11 is 0. The Morgan fingerprint density at radius 3 is 2.79 bits per heavy atom. The predicted octanol–water partition coefficient (Wildman–Crippen LogP) is 0.781. The van der Waals surface area contributed by atoms with Crippen LogP contribution in [0.1, 0.15) is 17.2 Å². The molecule has 24 heavy (non-hydrogen) atoms. The zero-order valence-corrected chi connectivity index (χ0v) is 13.2. The molecule has 1 heterocycles. The Labute approximate surface area is 140 Å². The number of ether oxygens (including phenoxy) is 3. The van der Waals surface area contributed by atoms with Crippen molar-refractivity contribution in [2.75, 3.05) is 13.2 Å². The molecule has 2 aliphatic rings. The Balaban J connectivity index is 1.64. The standard InChI is InChI=1S/C18H22O6/c1-2-9-22-18-17(21)16(20)14(10-23-18)24-13-8-7-11-5-3-4-6-12(11)15(13)19/h2-8,13-21H,1,9-10H2/t13-,14+,15-,16+,17-,18+/m0/s1. The lowest BCUT2D eigenvalue weighted by molar-refractivity contribution is -0.280. The maximum Gasteiger partial charge on any atom is 0.186 e. The lowest BCUT2D eigenvalue weighted by Crippen LogP contribution is -2.55. The van der Waals surface area contributed by atoms with Gasteiger partial charge in [0.15, 0.2) is 6.29 Å². The number of aliphatic hydroxyl groups is 3. The van der Waals surface area contributed by atoms with Gasteiger partial charge in [0, 0.05) is 0 Å². The van der Waals surface area contributed by atoms with Gasteiger partial charge in [0.25, 0.3) is 0 Å². The van der Waals surface area contributed by atoms with Crippen molar-refractivity contribution in [3.05, 3.63) is 54.1 Å². The molecule has 1 fully saturated rings. The maximum atomic E-state index is 10.5. The summed E-state index contributed by atoms with van der Waals surface area (Å²) in [5, 5.41) is 30.8. The molecule has 6 heteroatoms. The third kappa shape index (κ3) is 3.44. The van der Waals surface area contributed by atoms with Crippen molar-refractivity contribution in [2.24, 2.45) is 0 Å². The molecule has 0 bridgehead atoms. The molecule has 1 saturated heterocycles. The van der Waals surface area contributed by atoms with Crippen LogP contribution in [-0.4, -0.2) is 59.2 Å². The van der Waals surface area contributed by atoms with Crippen molar-refractivity contribution in [1.82, 2.24) is 0 Å². The van der Waals surface area contributed by atoms with Crippen LogP contribution in [0.15, 0.2) is 43.0 Å². The minimum atomic E-state index is -1.24. The van der Waals surface area contributed by atoms with Crippen LogP contribution in [0, 0.1) is 0 Å². The number of aliphatic hydroxyl groups excluding tert-OH is 3. The summed E-state index contributed by atoms with van der Waals surface area (Å²) in [4.78, 5) is 0. The highest BCUT2D eigenvalue weighted by Gasteiger charge is 2.41. The summed E-state index contributed by atoms with van der Waals surface area (Å²) in [5.41, 5.74) is 1.70. The summed E-state index contributed by atoms with van der Waals surface area (Å²) in [5.74, 6) is 0. The zero-order chi connectivity index (χ0) is 17.1. The van der Waals surface area contributed by atoms with Crippen LogP contribution in [0.25, 0.3) is 6.08 Å². The van der Waals surface area contributed by atoms with E-state index in [0.717, 1.165) is 11.1 Å². The van der Waals surface area contributed by atoms with Gasteiger partial charge in [-0.15, -0.1) is 6.58 Å². The molecule has 6 atom stereocenters. The van der Waals surface area contributed by atoms with Crippen LogP contribution in [0.3, 0.4) is 0 Å². The van der Waals surface area contributed by atoms with Gasteiger partial charge in [0.1, 0.15) is 30.5 Å². The van der Waals surface area contributed by atoms with Crippen molar-refractivity contribution in [3.8, 4) is 0 Å². The first-order chi connectivity index (χ1) is 11.6. The molecule has 0 aromatic heterocycles. The van der Waals surface area contributed by atoms with E-state index in [-0.39, 0.29) is 13.2 Å². The molecule has 130 valence electrons. The molecule has 0 amide bonds. The monoisotopic (exact) mass is 334 g/mol. The van der Waals surface area contributed by atoms with Gasteiger partial charge in [-0.1, -0.05) is 42.5 Å². The number of fused-ring (bicyclic) bond motifs is 1. The average molecular weight is 334 g/mol. The molecule has 0 saturated carbocycles. The Morgan fingerprint density at radius 1 is 1.21 bits per heavy atom. The van der Waals surface area contributed by atoms with Gasteiger partial charge in [-0.3, -0.25) is 0 Å². The van der Waals surface area contributed by atoms with Gasteiger partial charge in [-0.2, -0.15) is 0 Å². The van der Waals surface area contributed by atoms with Crippen LogP contribution in [-0.2, 0) is 14.2 Å². The molecular formula is C18H22O6. The summed E-state index contributed by atoms with van der Waals surface area (Å²) < 4.78 is 16.5. The van der Waals surface area contributed by atoms with Crippen molar-refractivity contribution in [2.45, 2.75) is 36.8 Å². The normalized spacial score (nSPS) is 35.5. The Hall–Kier alpha value is -1.54. The second-order valence-electron chi connectivity index (χ2n) is 5.88. The number of benzene rings is 1. The van der Waals surface area contributed by atoms with Gasteiger partial charge < -0.3 is 29.5 Å². The summed E-state index contributed by atoms with van der Waals surface area (Å²) in [6.45, 7) is 3.79. The highest BCUT2D eigenvalue weighted by atomic mass is 16.7. The SMILES string of the molecule is C=CCO[C@@H]1OC[C@@H](O[C@H]2C=Cc3ccccc3[C@@H]2O)[C@@H](O)[C@@H]1O. The van der Waals surface area contributed by atoms with Crippen LogP contribution >= 0.6 is 0 Å². The molecule has 0 radical (unpaired) electrons. The van der Waals surface area contributed by atoms with Gasteiger partial charge in [-0.05, 0) is 11.1 Å². The van der Waals surface area contributed by atoms with Crippen molar-refractivity contribution in [1.29, 1.82) is 0 Å². The number of rotatable bonds is 5. The van der Waals surface area contributed by atoms with Crippen LogP contribution in [0.4, 0.5) is 0 Å². The van der Waals surface area contributed by atoms with E-state index in [9.17, 15) is 15.3 Å². The first-order valence-electron chi connectivity index (χ1n) is 7.92. The third-order valence-electron chi connectivity index (χ3n) is 4.24. The lowest BCUT2D eigenvalue weighted by Gasteiger charge is -2.39. The molecule has 1 aliphatic heterocycles. The van der Waals surface area contributed by atoms with Crippen molar-refractivity contribution >= 4 is 6.08 Å². The largest absolute Gasteiger partial charge is 0.387 e. The van der Waals surface area contributed by atoms with E-state index >= 15 is 0 Å². The average Bonchev–Trinajstić information content (AvgIpc) is 2.61. The predicted molar refractivity (Wildman–Crippen MR) is 87.0 cm³/mol. The number of hydrogen-bond donors (Lipinski definition) is 3. The van der Waals surface area contributed by atoms with Gasteiger partial charge >= 0.3 is 0 Å². The Kier molecular flexibility index (Phi) is 5.45. The number of hydrogen-bond acceptors (Lipinski definition) is 6. The smallest absolute Gasteiger partial charge is 0.186 e. The van der Waals surface area contributed by atoms with Crippen LogP contribution in [0.2, 0.25) is 0 Å². The molecule has 3 N–H and O–H groups in total. The molecule has 1 aromatic rings.